The molecule has 1 amide bonds. The molecule has 0 saturated heterocycles. The molecule has 0 atom stereocenters. The van der Waals surface area contributed by atoms with E-state index in [0.717, 1.165) is 33.3 Å². The first-order valence-corrected chi connectivity index (χ1v) is 10.5. The lowest BCUT2D eigenvalue weighted by molar-refractivity contribution is -0.113. The predicted molar refractivity (Wildman–Crippen MR) is 118 cm³/mol. The van der Waals surface area contributed by atoms with Crippen LogP contribution in [0, 0.1) is 13.8 Å². The number of rotatable bonds is 7. The van der Waals surface area contributed by atoms with Crippen LogP contribution in [0.2, 0.25) is 0 Å². The Bertz CT molecular complexity index is 1170. The molecule has 0 unspecified atom stereocenters. The quantitative estimate of drug-likeness (QED) is 0.418. The second kappa shape index (κ2) is 9.00. The normalized spacial score (nSPS) is 10.9. The highest BCUT2D eigenvalue weighted by Crippen LogP contribution is 2.23. The smallest absolute Gasteiger partial charge is 0.277 e. The van der Waals surface area contributed by atoms with E-state index in [1.807, 2.05) is 68.4 Å². The van der Waals surface area contributed by atoms with Crippen LogP contribution in [0.4, 0.5) is 5.69 Å². The van der Waals surface area contributed by atoms with Gasteiger partial charge in [-0.25, -0.2) is 0 Å². The number of fused-ring (bicyclic) bond motifs is 1. The number of carbonyl (C=O) groups is 1. The molecule has 3 aromatic carbocycles. The number of nitrogens with zero attached hydrogens (tertiary/aromatic N) is 2. The third kappa shape index (κ3) is 4.80. The minimum absolute atomic E-state index is 0.121. The standard InChI is InChI=1S/C23H21N3O3S/c1-15-6-5-7-16(2)22(15)24-20(27)14-30-23-26-25-21(29-23)13-28-19-11-10-17-8-3-4-9-18(17)12-19/h3-12H,13-14H2,1-2H3,(H,24,27). The summed E-state index contributed by atoms with van der Waals surface area (Å²) >= 11 is 1.20. The Morgan fingerprint density at radius 2 is 1.77 bits per heavy atom. The zero-order valence-corrected chi connectivity index (χ0v) is 17.5. The summed E-state index contributed by atoms with van der Waals surface area (Å²) in [5.74, 6) is 1.15. The van der Waals surface area contributed by atoms with Crippen LogP contribution in [0.3, 0.4) is 0 Å². The highest BCUT2D eigenvalue weighted by atomic mass is 32.2. The second-order valence-corrected chi connectivity index (χ2v) is 7.79. The van der Waals surface area contributed by atoms with Gasteiger partial charge in [0.05, 0.1) is 5.75 Å². The highest BCUT2D eigenvalue weighted by Gasteiger charge is 2.12. The molecule has 0 radical (unpaired) electrons. The first kappa shape index (κ1) is 20.0. The van der Waals surface area contributed by atoms with Crippen molar-refractivity contribution in [3.63, 3.8) is 0 Å². The van der Waals surface area contributed by atoms with Crippen molar-refractivity contribution in [2.45, 2.75) is 25.7 Å². The van der Waals surface area contributed by atoms with E-state index in [1.54, 1.807) is 0 Å². The number of carbonyl (C=O) groups excluding carboxylic acids is 1. The van der Waals surface area contributed by atoms with Gasteiger partial charge in [0.2, 0.25) is 5.91 Å². The number of hydrogen-bond acceptors (Lipinski definition) is 6. The van der Waals surface area contributed by atoms with Gasteiger partial charge in [0, 0.05) is 5.69 Å². The van der Waals surface area contributed by atoms with Crippen molar-refractivity contribution in [2.24, 2.45) is 0 Å². The maximum atomic E-state index is 12.3. The van der Waals surface area contributed by atoms with Crippen LogP contribution in [0.25, 0.3) is 10.8 Å². The summed E-state index contributed by atoms with van der Waals surface area (Å²) in [6.07, 6.45) is 0. The van der Waals surface area contributed by atoms with Gasteiger partial charge in [-0.15, -0.1) is 10.2 Å². The second-order valence-electron chi connectivity index (χ2n) is 6.86. The number of amides is 1. The fraction of sp³-hybridized carbons (Fsp3) is 0.174. The van der Waals surface area contributed by atoms with E-state index in [4.69, 9.17) is 9.15 Å². The van der Waals surface area contributed by atoms with Crippen molar-refractivity contribution in [3.05, 3.63) is 77.7 Å². The molecule has 0 fully saturated rings. The van der Waals surface area contributed by atoms with Gasteiger partial charge in [0.25, 0.3) is 11.1 Å². The number of aryl methyl sites for hydroxylation is 2. The SMILES string of the molecule is Cc1cccc(C)c1NC(=O)CSc1nnc(COc2ccc3ccccc3c2)o1. The molecule has 1 heterocycles. The molecular formula is C23H21N3O3S. The summed E-state index contributed by atoms with van der Waals surface area (Å²) in [6, 6.07) is 19.9. The minimum Gasteiger partial charge on any atom is -0.484 e. The van der Waals surface area contributed by atoms with E-state index >= 15 is 0 Å². The van der Waals surface area contributed by atoms with Crippen LogP contribution in [0.5, 0.6) is 5.75 Å². The molecule has 0 aliphatic heterocycles. The van der Waals surface area contributed by atoms with Crippen LogP contribution in [0.15, 0.2) is 70.3 Å². The van der Waals surface area contributed by atoms with Crippen molar-refractivity contribution in [1.82, 2.24) is 10.2 Å². The lowest BCUT2D eigenvalue weighted by atomic mass is 10.1. The zero-order valence-electron chi connectivity index (χ0n) is 16.7. The van der Waals surface area contributed by atoms with Gasteiger partial charge < -0.3 is 14.5 Å². The van der Waals surface area contributed by atoms with E-state index in [1.165, 1.54) is 11.8 Å². The van der Waals surface area contributed by atoms with E-state index in [-0.39, 0.29) is 18.3 Å². The van der Waals surface area contributed by atoms with E-state index in [9.17, 15) is 4.79 Å². The van der Waals surface area contributed by atoms with Gasteiger partial charge in [0.15, 0.2) is 6.61 Å². The number of nitrogens with one attached hydrogen (secondary N) is 1. The van der Waals surface area contributed by atoms with Crippen LogP contribution in [-0.2, 0) is 11.4 Å². The molecule has 0 aliphatic carbocycles. The lowest BCUT2D eigenvalue weighted by Gasteiger charge is -2.10. The molecule has 4 rings (SSSR count). The molecule has 7 heteroatoms. The molecule has 0 spiro atoms. The number of para-hydroxylation sites is 1. The van der Waals surface area contributed by atoms with Crippen molar-refractivity contribution in [2.75, 3.05) is 11.1 Å². The monoisotopic (exact) mass is 419 g/mol. The Kier molecular flexibility index (Phi) is 5.99. The molecule has 0 aliphatic rings. The van der Waals surface area contributed by atoms with Gasteiger partial charge in [-0.1, -0.05) is 60.3 Å². The number of hydrogen-bond donors (Lipinski definition) is 1. The number of aromatic nitrogens is 2. The lowest BCUT2D eigenvalue weighted by Crippen LogP contribution is -2.15. The summed E-state index contributed by atoms with van der Waals surface area (Å²) in [6.45, 7) is 4.10. The maximum Gasteiger partial charge on any atom is 0.277 e. The molecule has 152 valence electrons. The summed E-state index contributed by atoms with van der Waals surface area (Å²) in [5.41, 5.74) is 2.90. The molecule has 6 nitrogen and oxygen atoms in total. The van der Waals surface area contributed by atoms with Crippen molar-refractivity contribution in [3.8, 4) is 5.75 Å². The van der Waals surface area contributed by atoms with Crippen molar-refractivity contribution in [1.29, 1.82) is 0 Å². The third-order valence-electron chi connectivity index (χ3n) is 4.60. The van der Waals surface area contributed by atoms with Crippen molar-refractivity contribution < 1.29 is 13.9 Å². The zero-order chi connectivity index (χ0) is 20.9. The Morgan fingerprint density at radius 3 is 2.57 bits per heavy atom. The number of ether oxygens (including phenoxy) is 1. The van der Waals surface area contributed by atoms with Gasteiger partial charge in [-0.05, 0) is 47.9 Å². The Hall–Kier alpha value is -3.32. The average molecular weight is 420 g/mol. The van der Waals surface area contributed by atoms with Crippen LogP contribution in [0.1, 0.15) is 17.0 Å². The Balaban J connectivity index is 1.30. The topological polar surface area (TPSA) is 77.2 Å². The third-order valence-corrected chi connectivity index (χ3v) is 5.42. The molecule has 1 aromatic heterocycles. The van der Waals surface area contributed by atoms with E-state index in [0.29, 0.717) is 11.1 Å². The largest absolute Gasteiger partial charge is 0.484 e. The average Bonchev–Trinajstić information content (AvgIpc) is 3.21. The number of benzene rings is 3. The van der Waals surface area contributed by atoms with Crippen LogP contribution in [-0.4, -0.2) is 21.9 Å². The summed E-state index contributed by atoms with van der Waals surface area (Å²) in [4.78, 5) is 12.3. The minimum atomic E-state index is -0.121. The maximum absolute atomic E-state index is 12.3. The first-order chi connectivity index (χ1) is 14.6. The summed E-state index contributed by atoms with van der Waals surface area (Å²) < 4.78 is 11.3. The van der Waals surface area contributed by atoms with Crippen LogP contribution < -0.4 is 10.1 Å². The van der Waals surface area contributed by atoms with Crippen molar-refractivity contribution >= 4 is 34.1 Å². The highest BCUT2D eigenvalue weighted by molar-refractivity contribution is 7.99. The van der Waals surface area contributed by atoms with E-state index in [2.05, 4.69) is 21.6 Å². The fourth-order valence-electron chi connectivity index (χ4n) is 3.07. The molecule has 4 aromatic rings. The van der Waals surface area contributed by atoms with Gasteiger partial charge in [-0.3, -0.25) is 4.79 Å². The van der Waals surface area contributed by atoms with Gasteiger partial charge >= 0.3 is 0 Å². The molecule has 0 bridgehead atoms. The Morgan fingerprint density at radius 1 is 1.00 bits per heavy atom. The summed E-state index contributed by atoms with van der Waals surface area (Å²) in [7, 11) is 0. The molecule has 30 heavy (non-hydrogen) atoms. The van der Waals surface area contributed by atoms with Crippen LogP contribution >= 0.6 is 11.8 Å². The molecule has 0 saturated carbocycles. The predicted octanol–water partition coefficient (Wildman–Crippen LogP) is 5.15. The molecular weight excluding hydrogens is 398 g/mol. The van der Waals surface area contributed by atoms with Gasteiger partial charge in [-0.2, -0.15) is 0 Å². The number of thioether (sulfide) groups is 1. The molecule has 1 N–H and O–H groups in total. The summed E-state index contributed by atoms with van der Waals surface area (Å²) in [5, 5.41) is 13.5. The van der Waals surface area contributed by atoms with Gasteiger partial charge in [0.1, 0.15) is 5.75 Å². The first-order valence-electron chi connectivity index (χ1n) is 9.51. The number of anilines is 1. The Labute approximate surface area is 178 Å². The van der Waals surface area contributed by atoms with E-state index < -0.39 is 0 Å². The fourth-order valence-corrected chi connectivity index (χ4v) is 3.65.